The number of carbonyl (C=O) groups is 5. The van der Waals surface area contributed by atoms with Gasteiger partial charge in [0.1, 0.15) is 36.9 Å². The summed E-state index contributed by atoms with van der Waals surface area (Å²) in [5.41, 5.74) is 8.13. The Hall–Kier alpha value is -7.46. The summed E-state index contributed by atoms with van der Waals surface area (Å²) in [6.45, 7) is 11.0. The quantitative estimate of drug-likeness (QED) is 0.0336. The van der Waals surface area contributed by atoms with Gasteiger partial charge in [0.25, 0.3) is 11.8 Å². The number of rotatable bonds is 19. The van der Waals surface area contributed by atoms with Crippen LogP contribution in [-0.4, -0.2) is 49.3 Å². The van der Waals surface area contributed by atoms with E-state index in [2.05, 4.69) is 35.7 Å². The molecule has 4 aromatic carbocycles. The summed E-state index contributed by atoms with van der Waals surface area (Å²) in [6, 6.07) is 23.3. The highest BCUT2D eigenvalue weighted by Gasteiger charge is 2.23. The van der Waals surface area contributed by atoms with Crippen LogP contribution in [-0.2, 0) is 9.53 Å². The Morgan fingerprint density at radius 1 is 0.673 bits per heavy atom. The SMILES string of the molecule is C=CCOC(=O)c1ccc(NC(=O)c2ccc(NC(=O)c3ccc(NC(=O)[C@H](CC#N)CC(=O)c4ccc(N)cc4)cc3)cc2OCC=C)cc1OCC=C. The third kappa shape index (κ3) is 11.5. The Kier molecular flexibility index (Phi) is 14.6. The van der Waals surface area contributed by atoms with E-state index in [0.717, 1.165) is 0 Å². The van der Waals surface area contributed by atoms with Crippen LogP contribution in [0.25, 0.3) is 0 Å². The molecule has 280 valence electrons. The molecule has 0 spiro atoms. The predicted octanol–water partition coefficient (Wildman–Crippen LogP) is 6.99. The number of anilines is 4. The second kappa shape index (κ2) is 20.0. The molecule has 0 fully saturated rings. The van der Waals surface area contributed by atoms with E-state index in [9.17, 15) is 29.2 Å². The van der Waals surface area contributed by atoms with Crippen molar-refractivity contribution in [2.75, 3.05) is 41.5 Å². The number of benzene rings is 4. The maximum atomic E-state index is 13.4. The summed E-state index contributed by atoms with van der Waals surface area (Å²) in [5.74, 6) is -3.03. The number of Topliss-reactive ketones (excluding diaryl/α,β-unsaturated/α-hetero) is 1. The second-order valence-electron chi connectivity index (χ2n) is 11.8. The maximum Gasteiger partial charge on any atom is 0.342 e. The average Bonchev–Trinajstić information content (AvgIpc) is 3.18. The van der Waals surface area contributed by atoms with Crippen molar-refractivity contribution in [3.05, 3.63) is 145 Å². The van der Waals surface area contributed by atoms with Crippen molar-refractivity contribution in [3.63, 3.8) is 0 Å². The van der Waals surface area contributed by atoms with Crippen molar-refractivity contribution in [1.82, 2.24) is 0 Å². The molecule has 55 heavy (non-hydrogen) atoms. The lowest BCUT2D eigenvalue weighted by Gasteiger charge is -2.15. The first-order valence-corrected chi connectivity index (χ1v) is 16.9. The van der Waals surface area contributed by atoms with Crippen molar-refractivity contribution in [3.8, 4) is 17.6 Å². The fourth-order valence-corrected chi connectivity index (χ4v) is 5.03. The normalized spacial score (nSPS) is 10.7. The molecule has 0 bridgehead atoms. The van der Waals surface area contributed by atoms with Gasteiger partial charge in [-0.3, -0.25) is 19.2 Å². The predicted molar refractivity (Wildman–Crippen MR) is 209 cm³/mol. The fraction of sp³-hybridized carbons (Fsp3) is 0.143. The molecule has 0 unspecified atom stereocenters. The van der Waals surface area contributed by atoms with E-state index in [-0.39, 0.29) is 66.6 Å². The van der Waals surface area contributed by atoms with Gasteiger partial charge in [0.2, 0.25) is 5.91 Å². The third-order valence-electron chi connectivity index (χ3n) is 7.78. The van der Waals surface area contributed by atoms with Gasteiger partial charge in [0, 0.05) is 58.9 Å². The molecule has 3 amide bonds. The summed E-state index contributed by atoms with van der Waals surface area (Å²) in [6.07, 6.45) is 4.11. The first kappa shape index (κ1) is 40.3. The molecule has 13 nitrogen and oxygen atoms in total. The average molecular weight is 742 g/mol. The van der Waals surface area contributed by atoms with E-state index in [1.54, 1.807) is 24.3 Å². The Morgan fingerprint density at radius 2 is 1.20 bits per heavy atom. The van der Waals surface area contributed by atoms with Gasteiger partial charge in [0.05, 0.1) is 17.6 Å². The number of hydrogen-bond donors (Lipinski definition) is 4. The van der Waals surface area contributed by atoms with Crippen LogP contribution in [0.5, 0.6) is 11.5 Å². The smallest absolute Gasteiger partial charge is 0.342 e. The molecule has 4 rings (SSSR count). The summed E-state index contributed by atoms with van der Waals surface area (Å²) < 4.78 is 16.5. The number of nitrogens with two attached hydrogens (primary N) is 1. The monoisotopic (exact) mass is 741 g/mol. The van der Waals surface area contributed by atoms with Crippen LogP contribution < -0.4 is 31.2 Å². The number of ketones is 1. The number of ether oxygens (including phenoxy) is 3. The number of nitrogen functional groups attached to an aromatic ring is 1. The Labute approximate surface area is 318 Å². The molecule has 0 aliphatic heterocycles. The van der Waals surface area contributed by atoms with Gasteiger partial charge in [-0.1, -0.05) is 38.0 Å². The maximum absolute atomic E-state index is 13.4. The minimum atomic E-state index is -0.895. The van der Waals surface area contributed by atoms with Crippen molar-refractivity contribution in [1.29, 1.82) is 5.26 Å². The van der Waals surface area contributed by atoms with E-state index in [0.29, 0.717) is 28.3 Å². The molecule has 0 radical (unpaired) electrons. The lowest BCUT2D eigenvalue weighted by Crippen LogP contribution is -2.25. The lowest BCUT2D eigenvalue weighted by molar-refractivity contribution is -0.119. The number of carbonyl (C=O) groups excluding carboxylic acids is 5. The first-order chi connectivity index (χ1) is 26.6. The summed E-state index contributed by atoms with van der Waals surface area (Å²) in [7, 11) is 0. The molecular formula is C42H39N5O8. The topological polar surface area (TPSA) is 199 Å². The van der Waals surface area contributed by atoms with Crippen LogP contribution in [0.2, 0.25) is 0 Å². The molecule has 4 aromatic rings. The number of esters is 1. The van der Waals surface area contributed by atoms with Gasteiger partial charge < -0.3 is 35.9 Å². The van der Waals surface area contributed by atoms with Gasteiger partial charge in [0.15, 0.2) is 5.78 Å². The highest BCUT2D eigenvalue weighted by Crippen LogP contribution is 2.28. The van der Waals surface area contributed by atoms with Crippen LogP contribution in [0.15, 0.2) is 123 Å². The van der Waals surface area contributed by atoms with E-state index in [1.807, 2.05) is 6.07 Å². The third-order valence-corrected chi connectivity index (χ3v) is 7.78. The number of nitrogens with zero attached hydrogens (tertiary/aromatic N) is 1. The Bertz CT molecular complexity index is 2120. The van der Waals surface area contributed by atoms with Gasteiger partial charge >= 0.3 is 5.97 Å². The largest absolute Gasteiger partial charge is 0.489 e. The van der Waals surface area contributed by atoms with E-state index >= 15 is 0 Å². The van der Waals surface area contributed by atoms with Crippen molar-refractivity contribution < 1.29 is 38.2 Å². The molecule has 0 saturated carbocycles. The van der Waals surface area contributed by atoms with E-state index in [1.165, 1.54) is 78.9 Å². The number of nitrogens with one attached hydrogen (secondary N) is 3. The number of hydrogen-bond acceptors (Lipinski definition) is 10. The van der Waals surface area contributed by atoms with E-state index < -0.39 is 29.6 Å². The van der Waals surface area contributed by atoms with Crippen LogP contribution in [0.1, 0.15) is 54.3 Å². The zero-order valence-electron chi connectivity index (χ0n) is 29.8. The van der Waals surface area contributed by atoms with Crippen LogP contribution in [0, 0.1) is 17.2 Å². The second-order valence-corrected chi connectivity index (χ2v) is 11.8. The minimum Gasteiger partial charge on any atom is -0.489 e. The van der Waals surface area contributed by atoms with E-state index in [4.69, 9.17) is 19.9 Å². The molecule has 0 heterocycles. The highest BCUT2D eigenvalue weighted by molar-refractivity contribution is 6.08. The molecule has 5 N–H and O–H groups in total. The number of nitriles is 1. The van der Waals surface area contributed by atoms with Crippen molar-refractivity contribution in [2.45, 2.75) is 12.8 Å². The Morgan fingerprint density at radius 3 is 1.78 bits per heavy atom. The van der Waals surface area contributed by atoms with Crippen molar-refractivity contribution in [2.24, 2.45) is 5.92 Å². The molecule has 13 heteroatoms. The first-order valence-electron chi connectivity index (χ1n) is 16.9. The molecular weight excluding hydrogens is 702 g/mol. The minimum absolute atomic E-state index is 0.0118. The van der Waals surface area contributed by atoms with Gasteiger partial charge in [-0.25, -0.2) is 4.79 Å². The van der Waals surface area contributed by atoms with Gasteiger partial charge in [-0.05, 0) is 72.8 Å². The molecule has 0 aromatic heterocycles. The summed E-state index contributed by atoms with van der Waals surface area (Å²) in [5, 5.41) is 17.5. The van der Waals surface area contributed by atoms with Crippen LogP contribution >= 0.6 is 0 Å². The zero-order valence-corrected chi connectivity index (χ0v) is 29.8. The fourth-order valence-electron chi connectivity index (χ4n) is 5.03. The van der Waals surface area contributed by atoms with Gasteiger partial charge in [-0.2, -0.15) is 5.26 Å². The zero-order chi connectivity index (χ0) is 39.7. The Balaban J connectivity index is 1.43. The molecule has 0 aliphatic carbocycles. The summed E-state index contributed by atoms with van der Waals surface area (Å²) in [4.78, 5) is 64.8. The number of amides is 3. The van der Waals surface area contributed by atoms with Crippen LogP contribution in [0.4, 0.5) is 22.7 Å². The van der Waals surface area contributed by atoms with Gasteiger partial charge in [-0.15, -0.1) is 0 Å². The van der Waals surface area contributed by atoms with Crippen molar-refractivity contribution >= 4 is 52.2 Å². The van der Waals surface area contributed by atoms with Crippen LogP contribution in [0.3, 0.4) is 0 Å². The highest BCUT2D eigenvalue weighted by atomic mass is 16.5. The molecule has 0 saturated heterocycles. The molecule has 0 aliphatic rings. The molecule has 1 atom stereocenters. The lowest BCUT2D eigenvalue weighted by atomic mass is 9.95. The standard InChI is InChI=1S/C42H39N5O8/c1-4-21-53-37-25-32(15-17-34(37)41(51)47-33-16-18-35(42(52)55-23-6-3)38(26-33)54-22-5-2)46-39(49)28-9-13-31(14-10-28)45-40(50)29(19-20-43)24-36(48)27-7-11-30(44)12-8-27/h4-18,25-26,29H,1-3,19,21-24,44H2,(H,45,50)(H,46,49)(H,47,51)/t29-/m1/s1. The summed E-state index contributed by atoms with van der Waals surface area (Å²) >= 11 is 0.